The van der Waals surface area contributed by atoms with E-state index in [-0.39, 0.29) is 22.0 Å². The van der Waals surface area contributed by atoms with Crippen molar-refractivity contribution in [3.05, 3.63) is 87.9 Å². The summed E-state index contributed by atoms with van der Waals surface area (Å²) in [4.78, 5) is 13.0. The van der Waals surface area contributed by atoms with Crippen LogP contribution in [0.3, 0.4) is 0 Å². The zero-order valence-electron chi connectivity index (χ0n) is 17.9. The van der Waals surface area contributed by atoms with Crippen LogP contribution in [0.25, 0.3) is 0 Å². The average Bonchev–Trinajstić information content (AvgIpc) is 2.71. The van der Waals surface area contributed by atoms with Gasteiger partial charge < -0.3 is 5.32 Å². The Hall–Kier alpha value is -2.83. The second-order valence-electron chi connectivity index (χ2n) is 7.37. The van der Waals surface area contributed by atoms with Crippen molar-refractivity contribution in [3.8, 4) is 0 Å². The normalized spacial score (nSPS) is 11.3. The lowest BCUT2D eigenvalue weighted by Gasteiger charge is -2.23. The van der Waals surface area contributed by atoms with Gasteiger partial charge in [0, 0.05) is 12.2 Å². The Morgan fingerprint density at radius 2 is 1.58 bits per heavy atom. The maximum absolute atomic E-state index is 13.3. The quantitative estimate of drug-likeness (QED) is 0.514. The number of benzene rings is 3. The second kappa shape index (κ2) is 9.12. The Bertz CT molecular complexity index is 1200. The van der Waals surface area contributed by atoms with Crippen LogP contribution in [0, 0.1) is 20.8 Å². The first-order valence-electron chi connectivity index (χ1n) is 9.91. The lowest BCUT2D eigenvalue weighted by Crippen LogP contribution is -2.31. The Morgan fingerprint density at radius 1 is 0.968 bits per heavy atom. The molecule has 3 aromatic rings. The minimum absolute atomic E-state index is 0.00473. The van der Waals surface area contributed by atoms with Gasteiger partial charge in [0.05, 0.1) is 21.2 Å². The number of nitrogens with one attached hydrogen (secondary N) is 1. The SMILES string of the molecule is CCN(c1ccccc1)S(=O)(=O)c1ccc(Cl)c(C(=O)Nc2c(C)cc(C)cc2C)c1. The molecule has 0 bridgehead atoms. The molecular formula is C24H25ClN2O3S. The summed E-state index contributed by atoms with van der Waals surface area (Å²) in [5.41, 5.74) is 4.29. The monoisotopic (exact) mass is 456 g/mol. The van der Waals surface area contributed by atoms with E-state index in [4.69, 9.17) is 11.6 Å². The van der Waals surface area contributed by atoms with Crippen LogP contribution in [0.15, 0.2) is 65.6 Å². The van der Waals surface area contributed by atoms with Gasteiger partial charge in [-0.3, -0.25) is 9.10 Å². The highest BCUT2D eigenvalue weighted by molar-refractivity contribution is 7.92. The van der Waals surface area contributed by atoms with Gasteiger partial charge in [-0.15, -0.1) is 0 Å². The van der Waals surface area contributed by atoms with Crippen molar-refractivity contribution >= 4 is 38.9 Å². The number of nitrogens with zero attached hydrogens (tertiary/aromatic N) is 1. The molecule has 31 heavy (non-hydrogen) atoms. The Kier molecular flexibility index (Phi) is 6.72. The molecule has 0 saturated heterocycles. The minimum atomic E-state index is -3.88. The van der Waals surface area contributed by atoms with Gasteiger partial charge in [0.25, 0.3) is 15.9 Å². The van der Waals surface area contributed by atoms with E-state index >= 15 is 0 Å². The molecule has 162 valence electrons. The predicted octanol–water partition coefficient (Wildman–Crippen LogP) is 5.73. The maximum Gasteiger partial charge on any atom is 0.264 e. The van der Waals surface area contributed by atoms with Crippen LogP contribution < -0.4 is 9.62 Å². The lowest BCUT2D eigenvalue weighted by atomic mass is 10.0. The Labute approximate surface area is 188 Å². The Morgan fingerprint density at radius 3 is 2.16 bits per heavy atom. The van der Waals surface area contributed by atoms with Crippen molar-refractivity contribution in [2.45, 2.75) is 32.6 Å². The fraction of sp³-hybridized carbons (Fsp3) is 0.208. The van der Waals surface area contributed by atoms with E-state index in [1.807, 2.05) is 39.0 Å². The lowest BCUT2D eigenvalue weighted by molar-refractivity contribution is 0.102. The fourth-order valence-corrected chi connectivity index (χ4v) is 5.31. The molecule has 0 spiro atoms. The van der Waals surface area contributed by atoms with E-state index in [0.29, 0.717) is 11.4 Å². The van der Waals surface area contributed by atoms with Crippen LogP contribution in [0.4, 0.5) is 11.4 Å². The maximum atomic E-state index is 13.3. The molecule has 0 aliphatic rings. The zero-order chi connectivity index (χ0) is 22.8. The van der Waals surface area contributed by atoms with Crippen molar-refractivity contribution in [3.63, 3.8) is 0 Å². The molecule has 0 heterocycles. The van der Waals surface area contributed by atoms with E-state index in [2.05, 4.69) is 5.32 Å². The molecule has 3 aromatic carbocycles. The number of hydrogen-bond donors (Lipinski definition) is 1. The third-order valence-corrected chi connectivity index (χ3v) is 7.25. The fourth-order valence-electron chi connectivity index (χ4n) is 3.61. The number of para-hydroxylation sites is 1. The average molecular weight is 457 g/mol. The first-order chi connectivity index (χ1) is 14.6. The number of carbonyl (C=O) groups excluding carboxylic acids is 1. The highest BCUT2D eigenvalue weighted by Crippen LogP contribution is 2.28. The highest BCUT2D eigenvalue weighted by Gasteiger charge is 2.25. The van der Waals surface area contributed by atoms with E-state index in [1.54, 1.807) is 31.2 Å². The zero-order valence-corrected chi connectivity index (χ0v) is 19.5. The van der Waals surface area contributed by atoms with Crippen LogP contribution >= 0.6 is 11.6 Å². The topological polar surface area (TPSA) is 66.5 Å². The van der Waals surface area contributed by atoms with Crippen molar-refractivity contribution in [1.82, 2.24) is 0 Å². The van der Waals surface area contributed by atoms with Gasteiger partial charge in [0.1, 0.15) is 0 Å². The van der Waals surface area contributed by atoms with Gasteiger partial charge in [-0.05, 0) is 69.2 Å². The summed E-state index contributed by atoms with van der Waals surface area (Å²) in [6, 6.07) is 17.0. The molecule has 0 unspecified atom stereocenters. The van der Waals surface area contributed by atoms with Gasteiger partial charge in [0.15, 0.2) is 0 Å². The van der Waals surface area contributed by atoms with Crippen molar-refractivity contribution in [2.24, 2.45) is 0 Å². The van der Waals surface area contributed by atoms with Crippen LogP contribution in [-0.4, -0.2) is 20.9 Å². The van der Waals surface area contributed by atoms with Crippen molar-refractivity contribution in [2.75, 3.05) is 16.2 Å². The number of anilines is 2. The summed E-state index contributed by atoms with van der Waals surface area (Å²) in [6.45, 7) is 7.83. The van der Waals surface area contributed by atoms with Gasteiger partial charge in [-0.25, -0.2) is 8.42 Å². The number of amides is 1. The third-order valence-electron chi connectivity index (χ3n) is 5.02. The van der Waals surface area contributed by atoms with Crippen LogP contribution in [0.1, 0.15) is 34.0 Å². The van der Waals surface area contributed by atoms with Gasteiger partial charge in [-0.2, -0.15) is 0 Å². The summed E-state index contributed by atoms with van der Waals surface area (Å²) in [5, 5.41) is 3.07. The third kappa shape index (κ3) is 4.75. The van der Waals surface area contributed by atoms with Gasteiger partial charge >= 0.3 is 0 Å². The summed E-state index contributed by atoms with van der Waals surface area (Å²) in [7, 11) is -3.88. The van der Waals surface area contributed by atoms with Crippen LogP contribution in [-0.2, 0) is 10.0 Å². The molecule has 5 nitrogen and oxygen atoms in total. The number of sulfonamides is 1. The minimum Gasteiger partial charge on any atom is -0.321 e. The van der Waals surface area contributed by atoms with Gasteiger partial charge in [0.2, 0.25) is 0 Å². The first kappa shape index (κ1) is 22.8. The summed E-state index contributed by atoms with van der Waals surface area (Å²) >= 11 is 6.27. The molecule has 0 aromatic heterocycles. The molecule has 3 rings (SSSR count). The summed E-state index contributed by atoms with van der Waals surface area (Å²) in [5.74, 6) is -0.458. The summed E-state index contributed by atoms with van der Waals surface area (Å²) in [6.07, 6.45) is 0. The Balaban J connectivity index is 1.99. The van der Waals surface area contributed by atoms with E-state index in [9.17, 15) is 13.2 Å². The van der Waals surface area contributed by atoms with E-state index in [1.165, 1.54) is 22.5 Å². The number of aryl methyl sites for hydroxylation is 3. The molecule has 1 N–H and O–H groups in total. The first-order valence-corrected chi connectivity index (χ1v) is 11.7. The molecular weight excluding hydrogens is 432 g/mol. The largest absolute Gasteiger partial charge is 0.321 e. The number of hydrogen-bond acceptors (Lipinski definition) is 3. The molecule has 0 fully saturated rings. The molecule has 1 amide bonds. The summed E-state index contributed by atoms with van der Waals surface area (Å²) < 4.78 is 27.9. The number of rotatable bonds is 6. The van der Waals surface area contributed by atoms with E-state index < -0.39 is 15.9 Å². The molecule has 0 atom stereocenters. The van der Waals surface area contributed by atoms with Crippen LogP contribution in [0.5, 0.6) is 0 Å². The van der Waals surface area contributed by atoms with Crippen molar-refractivity contribution < 1.29 is 13.2 Å². The highest BCUT2D eigenvalue weighted by atomic mass is 35.5. The van der Waals surface area contributed by atoms with Gasteiger partial charge in [-0.1, -0.05) is 47.5 Å². The van der Waals surface area contributed by atoms with Crippen LogP contribution in [0.2, 0.25) is 5.02 Å². The molecule has 0 aliphatic heterocycles. The number of halogens is 1. The molecule has 0 saturated carbocycles. The number of carbonyl (C=O) groups is 1. The molecule has 0 radical (unpaired) electrons. The second-order valence-corrected chi connectivity index (χ2v) is 9.64. The predicted molar refractivity (Wildman–Crippen MR) is 127 cm³/mol. The standard InChI is InChI=1S/C24H25ClN2O3S/c1-5-27(19-9-7-6-8-10-19)31(29,30)20-11-12-22(25)21(15-20)24(28)26-23-17(3)13-16(2)14-18(23)4/h6-15H,5H2,1-4H3,(H,26,28). The smallest absolute Gasteiger partial charge is 0.264 e. The van der Waals surface area contributed by atoms with Crippen molar-refractivity contribution in [1.29, 1.82) is 0 Å². The molecule has 0 aliphatic carbocycles. The van der Waals surface area contributed by atoms with E-state index in [0.717, 1.165) is 16.7 Å². The molecule has 7 heteroatoms.